The van der Waals surface area contributed by atoms with Crippen LogP contribution in [0.1, 0.15) is 33.0 Å². The van der Waals surface area contributed by atoms with Gasteiger partial charge in [-0.05, 0) is 39.3 Å². The Kier molecular flexibility index (Phi) is 8.94. The summed E-state index contributed by atoms with van der Waals surface area (Å²) in [5.74, 6) is 2.17. The van der Waals surface area contributed by atoms with Gasteiger partial charge in [-0.25, -0.2) is 0 Å². The zero-order chi connectivity index (χ0) is 17.1. The first-order valence-electron chi connectivity index (χ1n) is 7.86. The van der Waals surface area contributed by atoms with Crippen LogP contribution in [0, 0.1) is 0 Å². The van der Waals surface area contributed by atoms with E-state index in [4.69, 9.17) is 9.15 Å². The number of aliphatic imine (C=N–C) groups is 1. The van der Waals surface area contributed by atoms with E-state index in [1.165, 1.54) is 0 Å². The van der Waals surface area contributed by atoms with E-state index in [0.717, 1.165) is 24.7 Å². The Morgan fingerprint density at radius 1 is 1.35 bits per heavy atom. The minimum atomic E-state index is -0.855. The number of ether oxygens (including phenoxy) is 1. The van der Waals surface area contributed by atoms with E-state index in [1.807, 2.05) is 32.9 Å². The Balaban J connectivity index is 2.06. The number of rotatable bonds is 9. The average molecular weight is 343 g/mol. The third-order valence-electron chi connectivity index (χ3n) is 3.07. The Bertz CT molecular complexity index is 481. The maximum atomic E-state index is 12.0. The molecule has 0 aliphatic heterocycles. The molecule has 1 atom stereocenters. The van der Waals surface area contributed by atoms with Gasteiger partial charge >= 0.3 is 0 Å². The fourth-order valence-electron chi connectivity index (χ4n) is 1.74. The van der Waals surface area contributed by atoms with Gasteiger partial charge < -0.3 is 19.8 Å². The molecule has 1 aromatic rings. The van der Waals surface area contributed by atoms with Crippen molar-refractivity contribution in [2.24, 2.45) is 4.99 Å². The van der Waals surface area contributed by atoms with Crippen molar-refractivity contribution in [3.63, 3.8) is 0 Å². The fourth-order valence-corrected chi connectivity index (χ4v) is 2.64. The second-order valence-electron chi connectivity index (χ2n) is 6.07. The predicted molar refractivity (Wildman–Crippen MR) is 95.1 cm³/mol. The summed E-state index contributed by atoms with van der Waals surface area (Å²) in [6.07, 6.45) is 2.51. The Hall–Kier alpha value is -1.34. The van der Waals surface area contributed by atoms with E-state index in [9.17, 15) is 4.21 Å². The van der Waals surface area contributed by atoms with Gasteiger partial charge in [0.2, 0.25) is 0 Å². The molecule has 0 amide bonds. The van der Waals surface area contributed by atoms with Gasteiger partial charge in [-0.2, -0.15) is 0 Å². The van der Waals surface area contributed by atoms with Gasteiger partial charge in [-0.15, -0.1) is 0 Å². The highest BCUT2D eigenvalue weighted by molar-refractivity contribution is 7.86. The normalized spacial score (nSPS) is 13.8. The molecule has 0 spiro atoms. The lowest BCUT2D eigenvalue weighted by atomic mass is 10.3. The minimum Gasteiger partial charge on any atom is -0.467 e. The van der Waals surface area contributed by atoms with E-state index in [0.29, 0.717) is 25.5 Å². The Labute approximate surface area is 141 Å². The number of hydrogen-bond acceptors (Lipinski definition) is 4. The van der Waals surface area contributed by atoms with Crippen molar-refractivity contribution < 1.29 is 13.4 Å². The van der Waals surface area contributed by atoms with Crippen molar-refractivity contribution in [1.82, 2.24) is 10.6 Å². The summed E-state index contributed by atoms with van der Waals surface area (Å²) < 4.78 is 22.5. The van der Waals surface area contributed by atoms with Crippen LogP contribution in [0.25, 0.3) is 0 Å². The van der Waals surface area contributed by atoms with Crippen LogP contribution in [0.4, 0.5) is 0 Å². The highest BCUT2D eigenvalue weighted by Crippen LogP contribution is 2.10. The zero-order valence-corrected chi connectivity index (χ0v) is 15.4. The van der Waals surface area contributed by atoms with E-state index < -0.39 is 10.8 Å². The van der Waals surface area contributed by atoms with E-state index >= 15 is 0 Å². The van der Waals surface area contributed by atoms with Gasteiger partial charge in [-0.1, -0.05) is 0 Å². The molecule has 0 aliphatic carbocycles. The van der Waals surface area contributed by atoms with E-state index in [1.54, 1.807) is 13.3 Å². The first-order chi connectivity index (χ1) is 10.9. The molecule has 0 bridgehead atoms. The van der Waals surface area contributed by atoms with Gasteiger partial charge in [0.1, 0.15) is 12.4 Å². The van der Waals surface area contributed by atoms with Crippen molar-refractivity contribution in [3.8, 4) is 0 Å². The van der Waals surface area contributed by atoms with Gasteiger partial charge in [0.05, 0.1) is 6.26 Å². The van der Waals surface area contributed by atoms with Crippen molar-refractivity contribution >= 4 is 16.8 Å². The minimum absolute atomic E-state index is 0.177. The summed E-state index contributed by atoms with van der Waals surface area (Å²) in [6.45, 7) is 8.51. The maximum Gasteiger partial charge on any atom is 0.191 e. The quantitative estimate of drug-likeness (QED) is 0.407. The molecular formula is C16H29N3O3S. The molecule has 0 aliphatic rings. The van der Waals surface area contributed by atoms with E-state index in [2.05, 4.69) is 15.6 Å². The molecule has 0 saturated heterocycles. The van der Waals surface area contributed by atoms with Crippen LogP contribution >= 0.6 is 0 Å². The number of nitrogens with one attached hydrogen (secondary N) is 2. The lowest BCUT2D eigenvalue weighted by Gasteiger charge is -2.18. The molecule has 1 unspecified atom stereocenters. The predicted octanol–water partition coefficient (Wildman–Crippen LogP) is 1.90. The molecule has 1 rings (SSSR count). The summed E-state index contributed by atoms with van der Waals surface area (Å²) >= 11 is 0. The van der Waals surface area contributed by atoms with Crippen molar-refractivity contribution in [1.29, 1.82) is 0 Å². The molecule has 132 valence electrons. The largest absolute Gasteiger partial charge is 0.467 e. The van der Waals surface area contributed by atoms with E-state index in [-0.39, 0.29) is 4.75 Å². The SMILES string of the molecule is CN=C(NCCCOCc1ccco1)NCCS(=O)C(C)(C)C. The summed E-state index contributed by atoms with van der Waals surface area (Å²) in [6, 6.07) is 3.74. The van der Waals surface area contributed by atoms with Crippen LogP contribution < -0.4 is 10.6 Å². The van der Waals surface area contributed by atoms with Crippen LogP contribution in [0.3, 0.4) is 0 Å². The summed E-state index contributed by atoms with van der Waals surface area (Å²) in [5.41, 5.74) is 0. The number of furan rings is 1. The second kappa shape index (κ2) is 10.4. The maximum absolute atomic E-state index is 12.0. The molecule has 6 nitrogen and oxygen atoms in total. The monoisotopic (exact) mass is 343 g/mol. The summed E-state index contributed by atoms with van der Waals surface area (Å²) in [5, 5.41) is 6.39. The lowest BCUT2D eigenvalue weighted by Crippen LogP contribution is -2.40. The third-order valence-corrected chi connectivity index (χ3v) is 5.01. The standard InChI is InChI=1S/C16H29N3O3S/c1-16(2,3)23(20)12-9-19-15(17-4)18-8-6-10-21-13-14-7-5-11-22-14/h5,7,11H,6,8-10,12-13H2,1-4H3,(H2,17,18,19). The number of guanidine groups is 1. The van der Waals surface area contributed by atoms with Gasteiger partial charge in [0.15, 0.2) is 5.96 Å². The smallest absolute Gasteiger partial charge is 0.191 e. The van der Waals surface area contributed by atoms with Crippen LogP contribution in [-0.2, 0) is 22.1 Å². The topological polar surface area (TPSA) is 75.9 Å². The number of hydrogen-bond donors (Lipinski definition) is 2. The molecule has 23 heavy (non-hydrogen) atoms. The molecule has 0 radical (unpaired) electrons. The Morgan fingerprint density at radius 2 is 2.09 bits per heavy atom. The molecular weight excluding hydrogens is 314 g/mol. The molecule has 1 aromatic heterocycles. The van der Waals surface area contributed by atoms with Crippen LogP contribution in [0.2, 0.25) is 0 Å². The summed E-state index contributed by atoms with van der Waals surface area (Å²) in [4.78, 5) is 4.15. The fraction of sp³-hybridized carbons (Fsp3) is 0.688. The van der Waals surface area contributed by atoms with Crippen LogP contribution in [-0.4, -0.2) is 47.4 Å². The number of nitrogens with zero attached hydrogens (tertiary/aromatic N) is 1. The van der Waals surface area contributed by atoms with Crippen molar-refractivity contribution in [2.75, 3.05) is 32.5 Å². The van der Waals surface area contributed by atoms with Gasteiger partial charge in [0.25, 0.3) is 0 Å². The average Bonchev–Trinajstić information content (AvgIpc) is 3.00. The highest BCUT2D eigenvalue weighted by atomic mass is 32.2. The molecule has 2 N–H and O–H groups in total. The van der Waals surface area contributed by atoms with Crippen LogP contribution in [0.15, 0.2) is 27.8 Å². The first kappa shape index (κ1) is 19.7. The Morgan fingerprint density at radius 3 is 2.70 bits per heavy atom. The molecule has 7 heteroatoms. The van der Waals surface area contributed by atoms with Crippen molar-refractivity contribution in [2.45, 2.75) is 38.5 Å². The lowest BCUT2D eigenvalue weighted by molar-refractivity contribution is 0.105. The van der Waals surface area contributed by atoms with Gasteiger partial charge in [0, 0.05) is 48.0 Å². The van der Waals surface area contributed by atoms with Crippen LogP contribution in [0.5, 0.6) is 0 Å². The van der Waals surface area contributed by atoms with Crippen molar-refractivity contribution in [3.05, 3.63) is 24.2 Å². The molecule has 0 saturated carbocycles. The molecule has 0 aromatic carbocycles. The first-order valence-corrected chi connectivity index (χ1v) is 9.18. The molecule has 0 fully saturated rings. The third kappa shape index (κ3) is 8.76. The molecule has 1 heterocycles. The van der Waals surface area contributed by atoms with Gasteiger partial charge in [-0.3, -0.25) is 9.20 Å². The second-order valence-corrected chi connectivity index (χ2v) is 8.40. The zero-order valence-electron chi connectivity index (χ0n) is 14.6. The highest BCUT2D eigenvalue weighted by Gasteiger charge is 2.18. The summed E-state index contributed by atoms with van der Waals surface area (Å²) in [7, 11) is 0.871.